The van der Waals surface area contributed by atoms with Gasteiger partial charge in [0.05, 0.1) is 5.39 Å². The van der Waals surface area contributed by atoms with Gasteiger partial charge in [0.1, 0.15) is 18.0 Å². The Morgan fingerprint density at radius 2 is 1.76 bits per heavy atom. The van der Waals surface area contributed by atoms with E-state index in [1.54, 1.807) is 34.4 Å². The number of carbonyl (C=O) groups excluding carboxylic acids is 1. The van der Waals surface area contributed by atoms with E-state index in [2.05, 4.69) is 10.2 Å². The number of nitrogens with one attached hydrogen (secondary N) is 1. The molecule has 1 fully saturated rings. The number of nitrogens with zero attached hydrogens (tertiary/aromatic N) is 4. The Morgan fingerprint density at radius 3 is 2.44 bits per heavy atom. The Morgan fingerprint density at radius 1 is 1.06 bits per heavy atom. The number of aryl methyl sites for hydroxylation is 1. The summed E-state index contributed by atoms with van der Waals surface area (Å²) >= 11 is 0. The highest BCUT2D eigenvalue weighted by molar-refractivity contribution is 5.80. The van der Waals surface area contributed by atoms with Gasteiger partial charge in [-0.05, 0) is 57.8 Å². The number of halogens is 1. The van der Waals surface area contributed by atoms with Gasteiger partial charge in [0.25, 0.3) is 5.56 Å². The Bertz CT molecular complexity index is 1280. The molecule has 0 spiro atoms. The fourth-order valence-corrected chi connectivity index (χ4v) is 4.78. The van der Waals surface area contributed by atoms with Gasteiger partial charge in [-0.25, -0.2) is 9.18 Å². The minimum absolute atomic E-state index is 0.0463. The third-order valence-electron chi connectivity index (χ3n) is 6.72. The van der Waals surface area contributed by atoms with Gasteiger partial charge in [0.2, 0.25) is 5.91 Å². The Balaban J connectivity index is 1.34. The van der Waals surface area contributed by atoms with Gasteiger partial charge in [0, 0.05) is 37.9 Å². The lowest BCUT2D eigenvalue weighted by atomic mass is 9.96. The normalized spacial score (nSPS) is 15.1. The van der Waals surface area contributed by atoms with E-state index in [-0.39, 0.29) is 29.5 Å². The number of aromatic nitrogens is 3. The summed E-state index contributed by atoms with van der Waals surface area (Å²) in [5.41, 5.74) is 0.516. The van der Waals surface area contributed by atoms with Gasteiger partial charge in [-0.3, -0.25) is 23.6 Å². The minimum atomic E-state index is -0.356. The summed E-state index contributed by atoms with van der Waals surface area (Å²) < 4.78 is 18.3. The summed E-state index contributed by atoms with van der Waals surface area (Å²) in [5.74, 6) is 0.0467. The second-order valence-electron chi connectivity index (χ2n) is 8.87. The number of amides is 1. The Kier molecular flexibility index (Phi) is 7.31. The molecule has 0 bridgehead atoms. The van der Waals surface area contributed by atoms with E-state index in [1.807, 2.05) is 19.1 Å². The molecule has 8 nitrogen and oxygen atoms in total. The third-order valence-corrected chi connectivity index (χ3v) is 6.72. The number of hydrogen-bond donors (Lipinski definition) is 1. The molecule has 182 valence electrons. The molecule has 34 heavy (non-hydrogen) atoms. The van der Waals surface area contributed by atoms with E-state index in [0.717, 1.165) is 25.9 Å². The Labute approximate surface area is 197 Å². The lowest BCUT2D eigenvalue weighted by Crippen LogP contribution is -2.40. The molecule has 1 aliphatic heterocycles. The number of hydrogen-bond acceptors (Lipinski definition) is 4. The van der Waals surface area contributed by atoms with Crippen LogP contribution >= 0.6 is 0 Å². The van der Waals surface area contributed by atoms with Crippen LogP contribution < -0.4 is 16.6 Å². The van der Waals surface area contributed by atoms with Crippen LogP contribution in [0.1, 0.15) is 32.3 Å². The van der Waals surface area contributed by atoms with Crippen LogP contribution in [0.2, 0.25) is 0 Å². The van der Waals surface area contributed by atoms with Crippen LogP contribution in [-0.4, -0.2) is 44.1 Å². The second-order valence-corrected chi connectivity index (χ2v) is 8.87. The van der Waals surface area contributed by atoms with Crippen LogP contribution in [0, 0.1) is 11.7 Å². The molecule has 3 heterocycles. The zero-order chi connectivity index (χ0) is 24.2. The first-order valence-electron chi connectivity index (χ1n) is 12.0. The predicted molar refractivity (Wildman–Crippen MR) is 129 cm³/mol. The van der Waals surface area contributed by atoms with Crippen molar-refractivity contribution in [1.29, 1.82) is 0 Å². The molecule has 2 aromatic heterocycles. The molecule has 1 amide bonds. The smallest absolute Gasteiger partial charge is 0.332 e. The number of piperidine rings is 1. The highest BCUT2D eigenvalue weighted by Gasteiger charge is 2.21. The second kappa shape index (κ2) is 10.4. The number of rotatable bonds is 8. The van der Waals surface area contributed by atoms with Crippen molar-refractivity contribution in [3.05, 3.63) is 68.7 Å². The Hall–Kier alpha value is -3.20. The average Bonchev–Trinajstić information content (AvgIpc) is 3.24. The standard InChI is InChI=1S/C25H32FN5O3/c1-3-30-23-20(24(33)31(4-2)25(30)34)11-14-29(23)17-22(32)27-15-18-9-12-28(13-10-18)16-19-7-5-6-8-21(19)26/h5-8,11,14,18H,3-4,9-10,12-13,15-17H2,1-2H3,(H,27,32). The molecule has 0 aliphatic carbocycles. The van der Waals surface area contributed by atoms with Gasteiger partial charge in [0.15, 0.2) is 0 Å². The van der Waals surface area contributed by atoms with E-state index in [9.17, 15) is 18.8 Å². The van der Waals surface area contributed by atoms with Gasteiger partial charge in [-0.15, -0.1) is 0 Å². The van der Waals surface area contributed by atoms with Gasteiger partial charge in [-0.2, -0.15) is 0 Å². The van der Waals surface area contributed by atoms with Crippen molar-refractivity contribution in [3.63, 3.8) is 0 Å². The van der Waals surface area contributed by atoms with Crippen molar-refractivity contribution < 1.29 is 9.18 Å². The zero-order valence-corrected chi connectivity index (χ0v) is 19.8. The molecule has 1 aromatic carbocycles. The van der Waals surface area contributed by atoms with Gasteiger partial charge >= 0.3 is 5.69 Å². The van der Waals surface area contributed by atoms with Crippen LogP contribution in [0.5, 0.6) is 0 Å². The number of benzene rings is 1. The van der Waals surface area contributed by atoms with Crippen molar-refractivity contribution in [2.24, 2.45) is 5.92 Å². The maximum absolute atomic E-state index is 13.9. The molecule has 4 rings (SSSR count). The molecule has 0 saturated carbocycles. The molecular formula is C25H32FN5O3. The molecule has 1 aliphatic rings. The van der Waals surface area contributed by atoms with E-state index >= 15 is 0 Å². The molecule has 0 unspecified atom stereocenters. The number of fused-ring (bicyclic) bond motifs is 1. The van der Waals surface area contributed by atoms with Crippen LogP contribution in [-0.2, 0) is 31.0 Å². The maximum atomic E-state index is 13.9. The number of carbonyl (C=O) groups is 1. The fourth-order valence-electron chi connectivity index (χ4n) is 4.78. The molecular weight excluding hydrogens is 437 g/mol. The first-order valence-corrected chi connectivity index (χ1v) is 12.0. The van der Waals surface area contributed by atoms with E-state index < -0.39 is 0 Å². The lowest BCUT2D eigenvalue weighted by Gasteiger charge is -2.32. The highest BCUT2D eigenvalue weighted by Crippen LogP contribution is 2.19. The topological polar surface area (TPSA) is 81.3 Å². The fraction of sp³-hybridized carbons (Fsp3) is 0.480. The summed E-state index contributed by atoms with van der Waals surface area (Å²) in [6.45, 7) is 7.29. The third kappa shape index (κ3) is 4.84. The molecule has 1 N–H and O–H groups in total. The number of likely N-dealkylation sites (tertiary alicyclic amines) is 1. The van der Waals surface area contributed by atoms with Gasteiger partial charge in [-0.1, -0.05) is 18.2 Å². The summed E-state index contributed by atoms with van der Waals surface area (Å²) in [7, 11) is 0. The minimum Gasteiger partial charge on any atom is -0.354 e. The average molecular weight is 470 g/mol. The first kappa shape index (κ1) is 23.9. The van der Waals surface area contributed by atoms with Crippen LogP contribution in [0.15, 0.2) is 46.1 Å². The molecule has 1 saturated heterocycles. The SMILES string of the molecule is CCn1c(=O)c2ccn(CC(=O)NCC3CCN(Cc4ccccc4F)CC3)c2n(CC)c1=O. The molecule has 3 aromatic rings. The van der Waals surface area contributed by atoms with E-state index in [1.165, 1.54) is 10.6 Å². The van der Waals surface area contributed by atoms with Gasteiger partial charge < -0.3 is 9.88 Å². The maximum Gasteiger partial charge on any atom is 0.332 e. The highest BCUT2D eigenvalue weighted by atomic mass is 19.1. The monoisotopic (exact) mass is 469 g/mol. The van der Waals surface area contributed by atoms with E-state index in [0.29, 0.717) is 48.7 Å². The van der Waals surface area contributed by atoms with Crippen molar-refractivity contribution in [3.8, 4) is 0 Å². The zero-order valence-electron chi connectivity index (χ0n) is 19.8. The quantitative estimate of drug-likeness (QED) is 0.548. The molecule has 0 atom stereocenters. The van der Waals surface area contributed by atoms with E-state index in [4.69, 9.17) is 0 Å². The largest absolute Gasteiger partial charge is 0.354 e. The lowest BCUT2D eigenvalue weighted by molar-refractivity contribution is -0.121. The van der Waals surface area contributed by atoms with Crippen LogP contribution in [0.25, 0.3) is 11.0 Å². The summed E-state index contributed by atoms with van der Waals surface area (Å²) in [4.78, 5) is 40.3. The van der Waals surface area contributed by atoms with Crippen molar-refractivity contribution in [2.75, 3.05) is 19.6 Å². The molecule has 0 radical (unpaired) electrons. The summed E-state index contributed by atoms with van der Waals surface area (Å²) in [6.07, 6.45) is 3.57. The van der Waals surface area contributed by atoms with Crippen molar-refractivity contribution in [1.82, 2.24) is 23.9 Å². The predicted octanol–water partition coefficient (Wildman–Crippen LogP) is 2.17. The van der Waals surface area contributed by atoms with Crippen LogP contribution in [0.4, 0.5) is 4.39 Å². The van der Waals surface area contributed by atoms with Crippen molar-refractivity contribution in [2.45, 2.75) is 52.9 Å². The molecule has 9 heteroatoms. The summed E-state index contributed by atoms with van der Waals surface area (Å²) in [5, 5.41) is 3.45. The summed E-state index contributed by atoms with van der Waals surface area (Å²) in [6, 6.07) is 8.54. The van der Waals surface area contributed by atoms with Crippen molar-refractivity contribution >= 4 is 16.9 Å². The van der Waals surface area contributed by atoms with Crippen LogP contribution in [0.3, 0.4) is 0 Å². The first-order chi connectivity index (χ1) is 16.4.